The molecule has 1 heterocycles. The summed E-state index contributed by atoms with van der Waals surface area (Å²) in [7, 11) is 1.60. The zero-order valence-electron chi connectivity index (χ0n) is 14.9. The maximum Gasteiger partial charge on any atom is 0.336 e. The summed E-state index contributed by atoms with van der Waals surface area (Å²) in [5, 5.41) is 4.74. The van der Waals surface area contributed by atoms with E-state index in [2.05, 4.69) is 5.32 Å². The second-order valence-electron chi connectivity index (χ2n) is 5.84. The van der Waals surface area contributed by atoms with Gasteiger partial charge in [0.1, 0.15) is 5.58 Å². The quantitative estimate of drug-likeness (QED) is 0.630. The van der Waals surface area contributed by atoms with Crippen LogP contribution in [0.15, 0.2) is 45.6 Å². The van der Waals surface area contributed by atoms with Gasteiger partial charge in [-0.3, -0.25) is 0 Å². The van der Waals surface area contributed by atoms with E-state index < -0.39 is 0 Å². The first-order valence-corrected chi connectivity index (χ1v) is 8.67. The van der Waals surface area contributed by atoms with Gasteiger partial charge in [0, 0.05) is 34.8 Å². The van der Waals surface area contributed by atoms with E-state index in [1.165, 1.54) is 6.07 Å². The number of fused-ring (bicyclic) bond motifs is 1. The molecule has 26 heavy (non-hydrogen) atoms. The van der Waals surface area contributed by atoms with E-state index >= 15 is 0 Å². The third-order valence-electron chi connectivity index (χ3n) is 4.06. The number of hydrogen-bond donors (Lipinski definition) is 1. The summed E-state index contributed by atoms with van der Waals surface area (Å²) in [6.07, 6.45) is 0. The van der Waals surface area contributed by atoms with Crippen molar-refractivity contribution in [3.8, 4) is 11.5 Å². The second-order valence-corrected chi connectivity index (χ2v) is 6.25. The molecule has 0 aliphatic heterocycles. The van der Waals surface area contributed by atoms with Gasteiger partial charge in [-0.15, -0.1) is 0 Å². The maximum absolute atomic E-state index is 11.9. The van der Waals surface area contributed by atoms with Crippen LogP contribution in [-0.2, 0) is 6.54 Å². The molecule has 0 spiro atoms. The topological polar surface area (TPSA) is 60.7 Å². The summed E-state index contributed by atoms with van der Waals surface area (Å²) in [4.78, 5) is 11.9. The third-order valence-corrected chi connectivity index (χ3v) is 4.46. The lowest BCUT2D eigenvalue weighted by Gasteiger charge is -2.13. The molecule has 0 unspecified atom stereocenters. The Morgan fingerprint density at radius 3 is 2.69 bits per heavy atom. The lowest BCUT2D eigenvalue weighted by atomic mass is 10.1. The molecule has 1 N–H and O–H groups in total. The Hall–Kier alpha value is -2.66. The molecule has 0 saturated heterocycles. The van der Waals surface area contributed by atoms with E-state index in [1.54, 1.807) is 13.2 Å². The van der Waals surface area contributed by atoms with E-state index in [0.29, 0.717) is 35.3 Å². The number of ether oxygens (including phenoxy) is 2. The Balaban J connectivity index is 1.90. The zero-order chi connectivity index (χ0) is 18.7. The third kappa shape index (κ3) is 3.78. The van der Waals surface area contributed by atoms with Crippen LogP contribution in [0.3, 0.4) is 0 Å². The van der Waals surface area contributed by atoms with Crippen molar-refractivity contribution < 1.29 is 13.9 Å². The Morgan fingerprint density at radius 2 is 1.96 bits per heavy atom. The molecule has 3 aromatic rings. The minimum atomic E-state index is -0.389. The minimum Gasteiger partial charge on any atom is -0.493 e. The molecule has 1 aromatic heterocycles. The van der Waals surface area contributed by atoms with Gasteiger partial charge in [0.2, 0.25) is 0 Å². The van der Waals surface area contributed by atoms with Gasteiger partial charge >= 0.3 is 5.63 Å². The first-order valence-electron chi connectivity index (χ1n) is 8.29. The molecule has 2 aromatic carbocycles. The fourth-order valence-corrected chi connectivity index (χ4v) is 2.91. The average molecular weight is 374 g/mol. The van der Waals surface area contributed by atoms with Gasteiger partial charge in [-0.2, -0.15) is 0 Å². The van der Waals surface area contributed by atoms with Crippen molar-refractivity contribution in [3.63, 3.8) is 0 Å². The van der Waals surface area contributed by atoms with Crippen LogP contribution < -0.4 is 20.4 Å². The predicted molar refractivity (Wildman–Crippen MR) is 104 cm³/mol. The van der Waals surface area contributed by atoms with Gasteiger partial charge in [-0.05, 0) is 49.2 Å². The van der Waals surface area contributed by atoms with Gasteiger partial charge in [0.05, 0.1) is 13.7 Å². The SMILES string of the molecule is CCOc1ccc(NCc2cc(=O)oc3cc(C)c(Cl)cc23)cc1OC. The summed E-state index contributed by atoms with van der Waals surface area (Å²) in [6.45, 7) is 4.80. The molecule has 0 atom stereocenters. The highest BCUT2D eigenvalue weighted by Crippen LogP contribution is 2.31. The summed E-state index contributed by atoms with van der Waals surface area (Å²) in [6, 6.07) is 10.7. The number of anilines is 1. The smallest absolute Gasteiger partial charge is 0.336 e. The van der Waals surface area contributed by atoms with Crippen molar-refractivity contribution in [1.82, 2.24) is 0 Å². The molecule has 5 nitrogen and oxygen atoms in total. The van der Waals surface area contributed by atoms with Crippen LogP contribution >= 0.6 is 11.6 Å². The van der Waals surface area contributed by atoms with Crippen LogP contribution in [0.1, 0.15) is 18.1 Å². The van der Waals surface area contributed by atoms with Crippen LogP contribution in [0.5, 0.6) is 11.5 Å². The standard InChI is InChI=1S/C20H20ClNO4/c1-4-25-17-6-5-14(9-19(17)24-3)22-11-13-8-20(23)26-18-7-12(2)16(21)10-15(13)18/h5-10,22H,4,11H2,1-3H3. The van der Waals surface area contributed by atoms with Crippen molar-refractivity contribution in [3.05, 3.63) is 63.0 Å². The van der Waals surface area contributed by atoms with Crippen molar-refractivity contribution >= 4 is 28.3 Å². The summed E-state index contributed by atoms with van der Waals surface area (Å²) >= 11 is 6.23. The van der Waals surface area contributed by atoms with Crippen molar-refractivity contribution in [2.24, 2.45) is 0 Å². The Bertz CT molecular complexity index is 997. The number of halogens is 1. The number of nitrogens with one attached hydrogen (secondary N) is 1. The average Bonchev–Trinajstić information content (AvgIpc) is 2.62. The molecular formula is C20H20ClNO4. The predicted octanol–water partition coefficient (Wildman–Crippen LogP) is 4.77. The maximum atomic E-state index is 11.9. The zero-order valence-corrected chi connectivity index (χ0v) is 15.6. The molecule has 0 fully saturated rings. The Kier molecular flexibility index (Phi) is 5.38. The molecule has 136 valence electrons. The van der Waals surface area contributed by atoms with E-state index in [-0.39, 0.29) is 5.63 Å². The Labute approximate surface area is 156 Å². The molecule has 3 rings (SSSR count). The molecule has 0 aliphatic rings. The van der Waals surface area contributed by atoms with E-state index in [1.807, 2.05) is 38.1 Å². The minimum absolute atomic E-state index is 0.389. The number of benzene rings is 2. The van der Waals surface area contributed by atoms with Gasteiger partial charge < -0.3 is 19.2 Å². The lowest BCUT2D eigenvalue weighted by Crippen LogP contribution is -2.06. The van der Waals surface area contributed by atoms with Crippen molar-refractivity contribution in [2.75, 3.05) is 19.0 Å². The highest BCUT2D eigenvalue weighted by Gasteiger charge is 2.10. The lowest BCUT2D eigenvalue weighted by molar-refractivity contribution is 0.311. The van der Waals surface area contributed by atoms with Crippen LogP contribution in [0, 0.1) is 6.92 Å². The summed E-state index contributed by atoms with van der Waals surface area (Å²) < 4.78 is 16.2. The first kappa shape index (κ1) is 18.1. The Morgan fingerprint density at radius 1 is 1.15 bits per heavy atom. The fourth-order valence-electron chi connectivity index (χ4n) is 2.74. The molecule has 0 amide bonds. The molecule has 0 radical (unpaired) electrons. The number of methoxy groups -OCH3 is 1. The van der Waals surface area contributed by atoms with Crippen LogP contribution in [-0.4, -0.2) is 13.7 Å². The van der Waals surface area contributed by atoms with Gasteiger partial charge in [0.15, 0.2) is 11.5 Å². The van der Waals surface area contributed by atoms with E-state index in [9.17, 15) is 4.79 Å². The largest absolute Gasteiger partial charge is 0.493 e. The van der Waals surface area contributed by atoms with Crippen LogP contribution in [0.2, 0.25) is 5.02 Å². The highest BCUT2D eigenvalue weighted by molar-refractivity contribution is 6.32. The molecule has 0 bridgehead atoms. The van der Waals surface area contributed by atoms with Gasteiger partial charge in [-0.25, -0.2) is 4.79 Å². The van der Waals surface area contributed by atoms with E-state index in [4.69, 9.17) is 25.5 Å². The monoisotopic (exact) mass is 373 g/mol. The fraction of sp³-hybridized carbons (Fsp3) is 0.250. The van der Waals surface area contributed by atoms with Gasteiger partial charge in [0.25, 0.3) is 0 Å². The summed E-state index contributed by atoms with van der Waals surface area (Å²) in [5.74, 6) is 1.33. The normalized spacial score (nSPS) is 10.8. The van der Waals surface area contributed by atoms with Gasteiger partial charge in [-0.1, -0.05) is 11.6 Å². The molecule has 0 aliphatic carbocycles. The van der Waals surface area contributed by atoms with Crippen LogP contribution in [0.4, 0.5) is 5.69 Å². The number of hydrogen-bond acceptors (Lipinski definition) is 5. The highest BCUT2D eigenvalue weighted by atomic mass is 35.5. The van der Waals surface area contributed by atoms with E-state index in [0.717, 1.165) is 22.2 Å². The molecular weight excluding hydrogens is 354 g/mol. The van der Waals surface area contributed by atoms with Crippen molar-refractivity contribution in [1.29, 1.82) is 0 Å². The van der Waals surface area contributed by atoms with Crippen molar-refractivity contribution in [2.45, 2.75) is 20.4 Å². The molecule has 0 saturated carbocycles. The first-order chi connectivity index (χ1) is 12.5. The molecule has 6 heteroatoms. The number of rotatable bonds is 6. The number of aryl methyl sites for hydroxylation is 1. The van der Waals surface area contributed by atoms with Crippen LogP contribution in [0.25, 0.3) is 11.0 Å². The summed E-state index contributed by atoms with van der Waals surface area (Å²) in [5.41, 5.74) is 2.67. The second kappa shape index (κ2) is 7.70.